The molecule has 0 unspecified atom stereocenters. The molecule has 0 saturated carbocycles. The quantitative estimate of drug-likeness (QED) is 0.727. The normalized spacial score (nSPS) is 10.8. The second kappa shape index (κ2) is 3.94. The average molecular weight is 230 g/mol. The molecule has 2 heterocycles. The fraction of sp³-hybridized carbons (Fsp3) is 0.0909. The molecule has 0 saturated heterocycles. The molecule has 16 heavy (non-hydrogen) atoms. The Kier molecular flexibility index (Phi) is 2.30. The van der Waals surface area contributed by atoms with Gasteiger partial charge in [0.25, 0.3) is 0 Å². The second-order valence-electron chi connectivity index (χ2n) is 3.47. The lowest BCUT2D eigenvalue weighted by Crippen LogP contribution is -1.99. The number of H-pyrrole nitrogens is 1. The topological polar surface area (TPSA) is 53.6 Å². The summed E-state index contributed by atoms with van der Waals surface area (Å²) in [5.74, 6) is 0. The van der Waals surface area contributed by atoms with Crippen LogP contribution in [0.2, 0.25) is 0 Å². The summed E-state index contributed by atoms with van der Waals surface area (Å²) >= 11 is 1.61. The monoisotopic (exact) mass is 230 g/mol. The van der Waals surface area contributed by atoms with Gasteiger partial charge in [-0.2, -0.15) is 5.10 Å². The first-order valence-electron chi connectivity index (χ1n) is 4.96. The van der Waals surface area contributed by atoms with Crippen LogP contribution in [0.3, 0.4) is 0 Å². The average Bonchev–Trinajstić information content (AvgIpc) is 2.97. The van der Waals surface area contributed by atoms with E-state index in [4.69, 9.17) is 0 Å². The molecule has 0 radical (unpaired) electrons. The number of fused-ring (bicyclic) bond motifs is 1. The van der Waals surface area contributed by atoms with Crippen LogP contribution in [0, 0.1) is 0 Å². The fourth-order valence-electron chi connectivity index (χ4n) is 1.63. The fourth-order valence-corrected chi connectivity index (χ4v) is 2.19. The number of benzene rings is 1. The number of para-hydroxylation sites is 1. The minimum atomic E-state index is 0.738. The van der Waals surface area contributed by atoms with Gasteiger partial charge in [0.05, 0.1) is 35.2 Å². The van der Waals surface area contributed by atoms with Crippen molar-refractivity contribution in [3.63, 3.8) is 0 Å². The van der Waals surface area contributed by atoms with Crippen LogP contribution in [0.25, 0.3) is 10.9 Å². The van der Waals surface area contributed by atoms with Gasteiger partial charge in [0.15, 0.2) is 0 Å². The van der Waals surface area contributed by atoms with E-state index in [9.17, 15) is 0 Å². The molecule has 5 heteroatoms. The van der Waals surface area contributed by atoms with Gasteiger partial charge in [-0.3, -0.25) is 5.10 Å². The Balaban J connectivity index is 1.86. The zero-order chi connectivity index (χ0) is 10.8. The summed E-state index contributed by atoms with van der Waals surface area (Å²) in [6.45, 7) is 0.738. The van der Waals surface area contributed by atoms with E-state index in [1.807, 2.05) is 35.3 Å². The van der Waals surface area contributed by atoms with Crippen molar-refractivity contribution in [3.05, 3.63) is 41.0 Å². The highest BCUT2D eigenvalue weighted by Gasteiger charge is 2.02. The zero-order valence-electron chi connectivity index (χ0n) is 8.47. The van der Waals surface area contributed by atoms with E-state index in [0.29, 0.717) is 0 Å². The van der Waals surface area contributed by atoms with Crippen molar-refractivity contribution in [1.29, 1.82) is 0 Å². The second-order valence-corrected chi connectivity index (χ2v) is 4.19. The summed E-state index contributed by atoms with van der Waals surface area (Å²) in [4.78, 5) is 4.23. The lowest BCUT2D eigenvalue weighted by atomic mass is 10.2. The van der Waals surface area contributed by atoms with Crippen LogP contribution in [0.5, 0.6) is 0 Å². The van der Waals surface area contributed by atoms with Gasteiger partial charge in [-0.15, -0.1) is 11.3 Å². The Bertz CT molecular complexity index is 585. The van der Waals surface area contributed by atoms with Crippen LogP contribution >= 0.6 is 11.3 Å². The minimum absolute atomic E-state index is 0.738. The summed E-state index contributed by atoms with van der Waals surface area (Å²) in [6, 6.07) is 6.08. The largest absolute Gasteiger partial charge is 0.378 e. The van der Waals surface area contributed by atoms with E-state index < -0.39 is 0 Å². The van der Waals surface area contributed by atoms with Crippen molar-refractivity contribution in [3.8, 4) is 0 Å². The highest BCUT2D eigenvalue weighted by Crippen LogP contribution is 2.20. The van der Waals surface area contributed by atoms with Gasteiger partial charge in [0.1, 0.15) is 0 Å². The highest BCUT2D eigenvalue weighted by molar-refractivity contribution is 7.07. The molecule has 3 aromatic rings. The van der Waals surface area contributed by atoms with E-state index in [1.165, 1.54) is 0 Å². The maximum absolute atomic E-state index is 4.23. The van der Waals surface area contributed by atoms with Crippen molar-refractivity contribution >= 4 is 27.9 Å². The number of anilines is 1. The van der Waals surface area contributed by atoms with E-state index in [0.717, 1.165) is 28.8 Å². The third-order valence-electron chi connectivity index (χ3n) is 2.42. The number of hydrogen-bond acceptors (Lipinski definition) is 4. The third-order valence-corrected chi connectivity index (χ3v) is 3.06. The van der Waals surface area contributed by atoms with Gasteiger partial charge in [-0.1, -0.05) is 12.1 Å². The molecular weight excluding hydrogens is 220 g/mol. The van der Waals surface area contributed by atoms with Crippen molar-refractivity contribution in [1.82, 2.24) is 15.2 Å². The number of aromatic amines is 1. The molecule has 0 fully saturated rings. The number of aromatic nitrogens is 3. The molecule has 80 valence electrons. The number of rotatable bonds is 3. The summed E-state index contributed by atoms with van der Waals surface area (Å²) in [5, 5.41) is 13.5. The lowest BCUT2D eigenvalue weighted by molar-refractivity contribution is 1.07. The molecule has 0 aliphatic carbocycles. The summed E-state index contributed by atoms with van der Waals surface area (Å²) in [5.41, 5.74) is 5.00. The van der Waals surface area contributed by atoms with Gasteiger partial charge in [0, 0.05) is 10.8 Å². The molecule has 0 atom stereocenters. The first-order valence-corrected chi connectivity index (χ1v) is 5.91. The SMILES string of the molecule is c1cc(NCc2cscn2)c2[nH]ncc2c1. The van der Waals surface area contributed by atoms with Gasteiger partial charge >= 0.3 is 0 Å². The molecule has 0 bridgehead atoms. The van der Waals surface area contributed by atoms with Gasteiger partial charge in [-0.25, -0.2) is 4.98 Å². The van der Waals surface area contributed by atoms with Crippen molar-refractivity contribution in [2.45, 2.75) is 6.54 Å². The number of nitrogens with one attached hydrogen (secondary N) is 2. The van der Waals surface area contributed by atoms with Crippen LogP contribution in [0.4, 0.5) is 5.69 Å². The molecule has 4 nitrogen and oxygen atoms in total. The van der Waals surface area contributed by atoms with Gasteiger partial charge < -0.3 is 5.32 Å². The summed E-state index contributed by atoms with van der Waals surface area (Å²) < 4.78 is 0. The lowest BCUT2D eigenvalue weighted by Gasteiger charge is -2.05. The molecular formula is C11H10N4S. The number of nitrogens with zero attached hydrogens (tertiary/aromatic N) is 2. The predicted octanol–water partition coefficient (Wildman–Crippen LogP) is 2.63. The number of thiazole rings is 1. The van der Waals surface area contributed by atoms with E-state index in [1.54, 1.807) is 11.3 Å². The smallest absolute Gasteiger partial charge is 0.0881 e. The first-order chi connectivity index (χ1) is 7.93. The minimum Gasteiger partial charge on any atom is -0.378 e. The van der Waals surface area contributed by atoms with Gasteiger partial charge in [-0.05, 0) is 6.07 Å². The molecule has 0 spiro atoms. The first kappa shape index (κ1) is 9.35. The van der Waals surface area contributed by atoms with Gasteiger partial charge in [0.2, 0.25) is 0 Å². The molecule has 1 aromatic carbocycles. The summed E-state index contributed by atoms with van der Waals surface area (Å²) in [6.07, 6.45) is 1.82. The van der Waals surface area contributed by atoms with Crippen LogP contribution < -0.4 is 5.32 Å². The predicted molar refractivity (Wildman–Crippen MR) is 65.5 cm³/mol. The molecule has 2 aromatic heterocycles. The maximum Gasteiger partial charge on any atom is 0.0881 e. The Labute approximate surface area is 96.3 Å². The molecule has 3 rings (SSSR count). The standard InChI is InChI=1S/C11H10N4S/c1-2-8-4-14-15-11(8)10(3-1)12-5-9-6-16-7-13-9/h1-4,6-7,12H,5H2,(H,14,15). The Morgan fingerprint density at radius 1 is 1.38 bits per heavy atom. The van der Waals surface area contributed by atoms with Crippen LogP contribution in [0.1, 0.15) is 5.69 Å². The Morgan fingerprint density at radius 2 is 2.38 bits per heavy atom. The van der Waals surface area contributed by atoms with E-state index in [-0.39, 0.29) is 0 Å². The third kappa shape index (κ3) is 1.65. The highest BCUT2D eigenvalue weighted by atomic mass is 32.1. The maximum atomic E-state index is 4.23. The molecule has 0 aliphatic heterocycles. The van der Waals surface area contributed by atoms with Crippen molar-refractivity contribution < 1.29 is 0 Å². The van der Waals surface area contributed by atoms with E-state index in [2.05, 4.69) is 20.5 Å². The summed E-state index contributed by atoms with van der Waals surface area (Å²) in [7, 11) is 0. The zero-order valence-corrected chi connectivity index (χ0v) is 9.29. The van der Waals surface area contributed by atoms with Crippen LogP contribution in [-0.2, 0) is 6.54 Å². The van der Waals surface area contributed by atoms with Crippen molar-refractivity contribution in [2.75, 3.05) is 5.32 Å². The Hall–Kier alpha value is -1.88. The molecule has 0 aliphatic rings. The van der Waals surface area contributed by atoms with Crippen LogP contribution in [0.15, 0.2) is 35.3 Å². The van der Waals surface area contributed by atoms with Crippen LogP contribution in [-0.4, -0.2) is 15.2 Å². The Morgan fingerprint density at radius 3 is 3.25 bits per heavy atom. The van der Waals surface area contributed by atoms with E-state index >= 15 is 0 Å². The van der Waals surface area contributed by atoms with Crippen molar-refractivity contribution in [2.24, 2.45) is 0 Å². The molecule has 0 amide bonds. The molecule has 2 N–H and O–H groups in total. The number of hydrogen-bond donors (Lipinski definition) is 2.